The summed E-state index contributed by atoms with van der Waals surface area (Å²) >= 11 is 0. The normalized spacial score (nSPS) is 10.4. The second kappa shape index (κ2) is 6.13. The highest BCUT2D eigenvalue weighted by Crippen LogP contribution is 2.18. The van der Waals surface area contributed by atoms with Crippen molar-refractivity contribution in [3.8, 4) is 11.4 Å². The van der Waals surface area contributed by atoms with Crippen LogP contribution in [0.4, 0.5) is 0 Å². The zero-order valence-electron chi connectivity index (χ0n) is 11.0. The molecule has 0 radical (unpaired) electrons. The molecule has 0 saturated carbocycles. The number of aromatic nitrogens is 2. The van der Waals surface area contributed by atoms with Crippen LogP contribution >= 0.6 is 0 Å². The van der Waals surface area contributed by atoms with Gasteiger partial charge in [0.1, 0.15) is 6.26 Å². The zero-order chi connectivity index (χ0) is 13.7. The van der Waals surface area contributed by atoms with Crippen molar-refractivity contribution >= 4 is 5.97 Å². The molecule has 0 saturated heterocycles. The highest BCUT2D eigenvalue weighted by molar-refractivity contribution is 5.90. The molecule has 0 spiro atoms. The zero-order valence-corrected chi connectivity index (χ0v) is 11.0. The van der Waals surface area contributed by atoms with E-state index in [0.29, 0.717) is 30.1 Å². The molecule has 5 nitrogen and oxygen atoms in total. The van der Waals surface area contributed by atoms with Crippen LogP contribution in [0.15, 0.2) is 29.2 Å². The number of nitrogens with zero attached hydrogens (tertiary/aromatic N) is 2. The minimum absolute atomic E-state index is 0.341. The summed E-state index contributed by atoms with van der Waals surface area (Å²) in [7, 11) is 0. The first kappa shape index (κ1) is 13.3. The Kier molecular flexibility index (Phi) is 4.28. The van der Waals surface area contributed by atoms with Gasteiger partial charge in [-0.3, -0.25) is 0 Å². The number of hydrogen-bond acceptors (Lipinski definition) is 5. The summed E-state index contributed by atoms with van der Waals surface area (Å²) in [5, 5.41) is 0. The Morgan fingerprint density at radius 1 is 1.42 bits per heavy atom. The third kappa shape index (κ3) is 2.99. The summed E-state index contributed by atoms with van der Waals surface area (Å²) in [6, 6.07) is 1.79. The summed E-state index contributed by atoms with van der Waals surface area (Å²) in [4.78, 5) is 20.4. The number of hydrogen-bond donors (Lipinski definition) is 0. The Hall–Kier alpha value is -2.17. The molecule has 2 aromatic heterocycles. The van der Waals surface area contributed by atoms with Crippen molar-refractivity contribution in [2.45, 2.75) is 26.7 Å². The first-order valence-corrected chi connectivity index (χ1v) is 6.31. The molecule has 0 aliphatic heterocycles. The molecule has 0 aliphatic carbocycles. The van der Waals surface area contributed by atoms with E-state index in [-0.39, 0.29) is 5.97 Å². The molecule has 0 N–H and O–H groups in total. The van der Waals surface area contributed by atoms with E-state index in [1.54, 1.807) is 25.5 Å². The lowest BCUT2D eigenvalue weighted by atomic mass is 10.1. The molecule has 0 fully saturated rings. The van der Waals surface area contributed by atoms with Gasteiger partial charge in [-0.25, -0.2) is 14.8 Å². The number of carbonyl (C=O) groups excluding carboxylic acids is 1. The summed E-state index contributed by atoms with van der Waals surface area (Å²) < 4.78 is 10.0. The van der Waals surface area contributed by atoms with Gasteiger partial charge in [-0.2, -0.15) is 0 Å². The molecule has 0 unspecified atom stereocenters. The third-order valence-electron chi connectivity index (χ3n) is 2.63. The fraction of sp³-hybridized carbons (Fsp3) is 0.357. The molecular formula is C14H16N2O3. The van der Waals surface area contributed by atoms with Gasteiger partial charge in [0.25, 0.3) is 0 Å². The van der Waals surface area contributed by atoms with Crippen LogP contribution in [-0.4, -0.2) is 22.5 Å². The molecule has 19 heavy (non-hydrogen) atoms. The van der Waals surface area contributed by atoms with Crippen LogP contribution in [0.3, 0.4) is 0 Å². The Labute approximate surface area is 111 Å². The van der Waals surface area contributed by atoms with Crippen molar-refractivity contribution in [2.75, 3.05) is 6.61 Å². The molecule has 0 amide bonds. The van der Waals surface area contributed by atoms with Gasteiger partial charge in [-0.15, -0.1) is 0 Å². The van der Waals surface area contributed by atoms with Gasteiger partial charge in [0.05, 0.1) is 29.7 Å². The van der Waals surface area contributed by atoms with Crippen LogP contribution in [0.5, 0.6) is 0 Å². The van der Waals surface area contributed by atoms with Crippen molar-refractivity contribution in [1.29, 1.82) is 0 Å². The summed E-state index contributed by atoms with van der Waals surface area (Å²) in [5.74, 6) is 0.190. The van der Waals surface area contributed by atoms with Gasteiger partial charge in [0.15, 0.2) is 5.82 Å². The second-order valence-electron chi connectivity index (χ2n) is 4.04. The first-order valence-electron chi connectivity index (χ1n) is 6.31. The van der Waals surface area contributed by atoms with Crippen molar-refractivity contribution in [2.24, 2.45) is 0 Å². The molecular weight excluding hydrogens is 244 g/mol. The predicted molar refractivity (Wildman–Crippen MR) is 69.7 cm³/mol. The van der Waals surface area contributed by atoms with Crippen LogP contribution < -0.4 is 0 Å². The molecule has 2 heterocycles. The maximum absolute atomic E-state index is 11.8. The quantitative estimate of drug-likeness (QED) is 0.773. The van der Waals surface area contributed by atoms with Crippen molar-refractivity contribution in [1.82, 2.24) is 9.97 Å². The topological polar surface area (TPSA) is 65.2 Å². The lowest BCUT2D eigenvalue weighted by Gasteiger charge is -2.08. The van der Waals surface area contributed by atoms with Crippen molar-refractivity contribution in [3.63, 3.8) is 0 Å². The van der Waals surface area contributed by atoms with Crippen LogP contribution in [0, 0.1) is 0 Å². The standard InChI is InChI=1S/C14H16N2O3/c1-3-5-12-11(14(17)19-4-2)8-15-13(16-12)10-6-7-18-9-10/h6-9H,3-5H2,1-2H3. The average Bonchev–Trinajstić information content (AvgIpc) is 2.93. The summed E-state index contributed by atoms with van der Waals surface area (Å²) in [6.45, 7) is 4.15. The van der Waals surface area contributed by atoms with Crippen LogP contribution in [0.25, 0.3) is 11.4 Å². The number of carbonyl (C=O) groups is 1. The van der Waals surface area contributed by atoms with E-state index in [1.165, 1.54) is 6.20 Å². The lowest BCUT2D eigenvalue weighted by Crippen LogP contribution is -2.11. The van der Waals surface area contributed by atoms with Gasteiger partial charge >= 0.3 is 5.97 Å². The number of furan rings is 1. The smallest absolute Gasteiger partial charge is 0.341 e. The minimum Gasteiger partial charge on any atom is -0.472 e. The molecule has 5 heteroatoms. The number of aryl methyl sites for hydroxylation is 1. The average molecular weight is 260 g/mol. The lowest BCUT2D eigenvalue weighted by molar-refractivity contribution is 0.0524. The number of rotatable bonds is 5. The molecule has 0 aliphatic rings. The Morgan fingerprint density at radius 2 is 2.26 bits per heavy atom. The SMILES string of the molecule is CCCc1nc(-c2ccoc2)ncc1C(=O)OCC. The van der Waals surface area contributed by atoms with Crippen LogP contribution in [0.1, 0.15) is 36.3 Å². The van der Waals surface area contributed by atoms with Gasteiger partial charge < -0.3 is 9.15 Å². The third-order valence-corrected chi connectivity index (χ3v) is 2.63. The fourth-order valence-corrected chi connectivity index (χ4v) is 1.75. The molecule has 100 valence electrons. The van der Waals surface area contributed by atoms with E-state index in [9.17, 15) is 4.79 Å². The van der Waals surface area contributed by atoms with E-state index in [4.69, 9.17) is 9.15 Å². The van der Waals surface area contributed by atoms with E-state index >= 15 is 0 Å². The van der Waals surface area contributed by atoms with Gasteiger partial charge in [0, 0.05) is 6.20 Å². The number of esters is 1. The maximum Gasteiger partial charge on any atom is 0.341 e. The molecule has 0 atom stereocenters. The molecule has 0 aromatic carbocycles. The maximum atomic E-state index is 11.8. The van der Waals surface area contributed by atoms with Gasteiger partial charge in [-0.05, 0) is 19.4 Å². The Morgan fingerprint density at radius 3 is 2.89 bits per heavy atom. The van der Waals surface area contributed by atoms with Crippen molar-refractivity contribution in [3.05, 3.63) is 36.0 Å². The largest absolute Gasteiger partial charge is 0.472 e. The fourth-order valence-electron chi connectivity index (χ4n) is 1.75. The van der Waals surface area contributed by atoms with Gasteiger partial charge in [-0.1, -0.05) is 13.3 Å². The molecule has 2 rings (SSSR count). The van der Waals surface area contributed by atoms with E-state index in [0.717, 1.165) is 12.0 Å². The number of ether oxygens (including phenoxy) is 1. The second-order valence-corrected chi connectivity index (χ2v) is 4.04. The Balaban J connectivity index is 2.37. The summed E-state index contributed by atoms with van der Waals surface area (Å²) in [5.41, 5.74) is 1.95. The van der Waals surface area contributed by atoms with E-state index in [1.807, 2.05) is 6.92 Å². The van der Waals surface area contributed by atoms with Crippen molar-refractivity contribution < 1.29 is 13.9 Å². The van der Waals surface area contributed by atoms with E-state index in [2.05, 4.69) is 9.97 Å². The highest BCUT2D eigenvalue weighted by Gasteiger charge is 2.16. The van der Waals surface area contributed by atoms with Crippen LogP contribution in [-0.2, 0) is 11.2 Å². The highest BCUT2D eigenvalue weighted by atomic mass is 16.5. The Bertz CT molecular complexity index is 550. The first-order chi connectivity index (χ1) is 9.26. The van der Waals surface area contributed by atoms with E-state index < -0.39 is 0 Å². The monoisotopic (exact) mass is 260 g/mol. The minimum atomic E-state index is -0.371. The molecule has 0 bridgehead atoms. The van der Waals surface area contributed by atoms with Gasteiger partial charge in [0.2, 0.25) is 0 Å². The molecule has 2 aromatic rings. The predicted octanol–water partition coefficient (Wildman–Crippen LogP) is 2.87. The summed E-state index contributed by atoms with van der Waals surface area (Å²) in [6.07, 6.45) is 6.28. The van der Waals surface area contributed by atoms with Crippen LogP contribution in [0.2, 0.25) is 0 Å².